The average Bonchev–Trinajstić information content (AvgIpc) is 3.06. The number of amides is 1. The first-order chi connectivity index (χ1) is 12.0. The Bertz CT molecular complexity index is 860. The Hall–Kier alpha value is -2.08. The maximum Gasteiger partial charge on any atom is 0.254 e. The van der Waals surface area contributed by atoms with Gasteiger partial charge in [0.15, 0.2) is 5.16 Å². The molecule has 3 rings (SSSR count). The number of carbonyl (C=O) groups is 1. The van der Waals surface area contributed by atoms with Crippen LogP contribution in [0.4, 0.5) is 5.69 Å². The molecule has 0 aliphatic heterocycles. The van der Waals surface area contributed by atoms with E-state index in [4.69, 9.17) is 0 Å². The standard InChI is InChI=1S/C19H23N3O2S/c1-4-16(18(24)20-14-9-5-7-11(2)12(14)3)25-19-21-15-10-6-8-13(15)17(23)22-19/h5,7,9,16H,4,6,8,10H2,1-3H3,(H,20,24)(H,21,22,23). The smallest absolute Gasteiger partial charge is 0.254 e. The normalized spacial score (nSPS) is 14.2. The number of thioether (sulfide) groups is 1. The Morgan fingerprint density at radius 3 is 2.92 bits per heavy atom. The lowest BCUT2D eigenvalue weighted by Gasteiger charge is -2.16. The first kappa shape index (κ1) is 17.7. The monoisotopic (exact) mass is 357 g/mol. The van der Waals surface area contributed by atoms with E-state index in [2.05, 4.69) is 15.3 Å². The van der Waals surface area contributed by atoms with Gasteiger partial charge in [0, 0.05) is 11.3 Å². The van der Waals surface area contributed by atoms with Crippen molar-refractivity contribution in [3.05, 3.63) is 50.9 Å². The lowest BCUT2D eigenvalue weighted by atomic mass is 10.1. The molecule has 2 N–H and O–H groups in total. The quantitative estimate of drug-likeness (QED) is 0.635. The molecule has 0 fully saturated rings. The van der Waals surface area contributed by atoms with Gasteiger partial charge in [-0.05, 0) is 56.7 Å². The van der Waals surface area contributed by atoms with Gasteiger partial charge in [0.25, 0.3) is 5.56 Å². The Morgan fingerprint density at radius 1 is 1.36 bits per heavy atom. The molecule has 0 spiro atoms. The number of nitrogens with zero attached hydrogens (tertiary/aromatic N) is 1. The predicted octanol–water partition coefficient (Wildman–Crippen LogP) is 3.38. The third-order valence-corrected chi connectivity index (χ3v) is 5.95. The summed E-state index contributed by atoms with van der Waals surface area (Å²) in [6.07, 6.45) is 3.28. The number of hydrogen-bond acceptors (Lipinski definition) is 4. The van der Waals surface area contributed by atoms with E-state index in [1.54, 1.807) is 0 Å². The van der Waals surface area contributed by atoms with Crippen molar-refractivity contribution in [1.82, 2.24) is 9.97 Å². The highest BCUT2D eigenvalue weighted by Crippen LogP contribution is 2.26. The number of H-pyrrole nitrogens is 1. The summed E-state index contributed by atoms with van der Waals surface area (Å²) in [5, 5.41) is 3.24. The van der Waals surface area contributed by atoms with E-state index >= 15 is 0 Å². The molecule has 5 nitrogen and oxygen atoms in total. The van der Waals surface area contributed by atoms with Crippen LogP contribution in [0.5, 0.6) is 0 Å². The number of aromatic amines is 1. The second-order valence-electron chi connectivity index (χ2n) is 6.40. The van der Waals surface area contributed by atoms with Crippen LogP contribution in [-0.2, 0) is 17.6 Å². The van der Waals surface area contributed by atoms with Crippen molar-refractivity contribution in [2.75, 3.05) is 5.32 Å². The minimum Gasteiger partial charge on any atom is -0.325 e. The summed E-state index contributed by atoms with van der Waals surface area (Å²) < 4.78 is 0. The van der Waals surface area contributed by atoms with Gasteiger partial charge >= 0.3 is 0 Å². The van der Waals surface area contributed by atoms with Gasteiger partial charge in [0.05, 0.1) is 10.9 Å². The molecule has 132 valence electrons. The molecule has 0 saturated carbocycles. The maximum absolute atomic E-state index is 12.7. The molecule has 1 aromatic heterocycles. The van der Waals surface area contributed by atoms with Crippen LogP contribution in [0, 0.1) is 13.8 Å². The molecule has 2 aromatic rings. The van der Waals surface area contributed by atoms with Crippen LogP contribution in [0.1, 0.15) is 42.1 Å². The van der Waals surface area contributed by atoms with Gasteiger partial charge in [-0.1, -0.05) is 30.8 Å². The van der Waals surface area contributed by atoms with E-state index in [1.165, 1.54) is 11.8 Å². The number of nitrogens with one attached hydrogen (secondary N) is 2. The molecule has 1 aliphatic carbocycles. The van der Waals surface area contributed by atoms with E-state index in [0.717, 1.165) is 47.3 Å². The molecule has 0 radical (unpaired) electrons. The van der Waals surface area contributed by atoms with Crippen molar-refractivity contribution in [2.45, 2.75) is 56.9 Å². The summed E-state index contributed by atoms with van der Waals surface area (Å²) in [5.41, 5.74) is 4.67. The number of aryl methyl sites for hydroxylation is 2. The van der Waals surface area contributed by atoms with Crippen LogP contribution in [0.25, 0.3) is 0 Å². The number of carbonyl (C=O) groups excluding carboxylic acids is 1. The minimum atomic E-state index is -0.303. The third-order valence-electron chi connectivity index (χ3n) is 4.70. The molecule has 0 bridgehead atoms. The van der Waals surface area contributed by atoms with Gasteiger partial charge in [0.2, 0.25) is 5.91 Å². The molecule has 1 atom stereocenters. The van der Waals surface area contributed by atoms with Crippen molar-refractivity contribution in [1.29, 1.82) is 0 Å². The average molecular weight is 357 g/mol. The van der Waals surface area contributed by atoms with Gasteiger partial charge in [-0.25, -0.2) is 4.98 Å². The number of rotatable bonds is 5. The van der Waals surface area contributed by atoms with Crippen LogP contribution in [0.15, 0.2) is 28.2 Å². The van der Waals surface area contributed by atoms with Crippen LogP contribution in [-0.4, -0.2) is 21.1 Å². The number of aromatic nitrogens is 2. The Kier molecular flexibility index (Phi) is 5.27. The van der Waals surface area contributed by atoms with Gasteiger partial charge < -0.3 is 10.3 Å². The minimum absolute atomic E-state index is 0.0604. The van der Waals surface area contributed by atoms with Gasteiger partial charge in [-0.2, -0.15) is 0 Å². The second kappa shape index (κ2) is 7.44. The number of anilines is 1. The van der Waals surface area contributed by atoms with E-state index in [-0.39, 0.29) is 16.7 Å². The van der Waals surface area contributed by atoms with Crippen molar-refractivity contribution >= 4 is 23.4 Å². The summed E-state index contributed by atoms with van der Waals surface area (Å²) >= 11 is 1.33. The first-order valence-electron chi connectivity index (χ1n) is 8.65. The molecule has 1 aliphatic rings. The fourth-order valence-electron chi connectivity index (χ4n) is 3.03. The highest BCUT2D eigenvalue weighted by atomic mass is 32.2. The van der Waals surface area contributed by atoms with Gasteiger partial charge in [0.1, 0.15) is 0 Å². The van der Waals surface area contributed by atoms with Crippen molar-refractivity contribution in [2.24, 2.45) is 0 Å². The van der Waals surface area contributed by atoms with Crippen molar-refractivity contribution in [3.63, 3.8) is 0 Å². The molecule has 25 heavy (non-hydrogen) atoms. The van der Waals surface area contributed by atoms with Crippen molar-refractivity contribution in [3.8, 4) is 0 Å². The summed E-state index contributed by atoms with van der Waals surface area (Å²) in [5.74, 6) is -0.0654. The van der Waals surface area contributed by atoms with E-state index in [9.17, 15) is 9.59 Å². The fourth-order valence-corrected chi connectivity index (χ4v) is 3.95. The second-order valence-corrected chi connectivity index (χ2v) is 7.59. The lowest BCUT2D eigenvalue weighted by Crippen LogP contribution is -2.26. The third kappa shape index (κ3) is 3.79. The maximum atomic E-state index is 12.7. The Balaban J connectivity index is 1.76. The van der Waals surface area contributed by atoms with Crippen LogP contribution < -0.4 is 10.9 Å². The largest absolute Gasteiger partial charge is 0.325 e. The summed E-state index contributed by atoms with van der Waals surface area (Å²) in [6, 6.07) is 5.87. The van der Waals surface area contributed by atoms with Gasteiger partial charge in [-0.3, -0.25) is 9.59 Å². The molecule has 0 saturated heterocycles. The highest BCUT2D eigenvalue weighted by molar-refractivity contribution is 8.00. The summed E-state index contributed by atoms with van der Waals surface area (Å²) in [7, 11) is 0. The predicted molar refractivity (Wildman–Crippen MR) is 101 cm³/mol. The fraction of sp³-hybridized carbons (Fsp3) is 0.421. The first-order valence-corrected chi connectivity index (χ1v) is 9.53. The Morgan fingerprint density at radius 2 is 2.16 bits per heavy atom. The van der Waals surface area contributed by atoms with Gasteiger partial charge in [-0.15, -0.1) is 0 Å². The number of fused-ring (bicyclic) bond motifs is 1. The Labute approximate surface area is 151 Å². The number of hydrogen-bond donors (Lipinski definition) is 2. The van der Waals surface area contributed by atoms with Crippen LogP contribution in [0.2, 0.25) is 0 Å². The summed E-state index contributed by atoms with van der Waals surface area (Å²) in [4.78, 5) is 32.2. The molecule has 1 amide bonds. The molecule has 1 aromatic carbocycles. The SMILES string of the molecule is CCC(Sc1nc2c(c(=O)[nH]1)CCC2)C(=O)Nc1cccc(C)c1C. The molecule has 1 unspecified atom stereocenters. The van der Waals surface area contributed by atoms with E-state index in [1.807, 2.05) is 39.0 Å². The zero-order valence-electron chi connectivity index (χ0n) is 14.8. The van der Waals surface area contributed by atoms with E-state index < -0.39 is 0 Å². The summed E-state index contributed by atoms with van der Waals surface area (Å²) in [6.45, 7) is 5.99. The zero-order chi connectivity index (χ0) is 18.0. The highest BCUT2D eigenvalue weighted by Gasteiger charge is 2.22. The topological polar surface area (TPSA) is 74.8 Å². The molecular formula is C19H23N3O2S. The lowest BCUT2D eigenvalue weighted by molar-refractivity contribution is -0.115. The van der Waals surface area contributed by atoms with E-state index in [0.29, 0.717) is 11.6 Å². The molecular weight excluding hydrogens is 334 g/mol. The van der Waals surface area contributed by atoms with Crippen molar-refractivity contribution < 1.29 is 4.79 Å². The molecule has 1 heterocycles. The number of benzene rings is 1. The zero-order valence-corrected chi connectivity index (χ0v) is 15.6. The molecule has 6 heteroatoms. The van der Waals surface area contributed by atoms with Crippen LogP contribution in [0.3, 0.4) is 0 Å². The van der Waals surface area contributed by atoms with Crippen LogP contribution >= 0.6 is 11.8 Å².